The van der Waals surface area contributed by atoms with E-state index in [1.807, 2.05) is 36.7 Å². The van der Waals surface area contributed by atoms with Crippen molar-refractivity contribution in [3.05, 3.63) is 44.1 Å². The Balaban J connectivity index is 2.18. The van der Waals surface area contributed by atoms with Crippen LogP contribution in [0.5, 0.6) is 0 Å². The van der Waals surface area contributed by atoms with Gasteiger partial charge in [0.05, 0.1) is 23.0 Å². The Bertz CT molecular complexity index is 596. The lowest BCUT2D eigenvalue weighted by molar-refractivity contribution is 0.623. The number of nitrogens with zero attached hydrogens (tertiary/aromatic N) is 2. The third kappa shape index (κ3) is 3.25. The highest BCUT2D eigenvalue weighted by atomic mass is 79.9. The molecule has 102 valence electrons. The Hall–Kier alpha value is -0.710. The number of halogens is 3. The molecule has 2 rings (SSSR count). The lowest BCUT2D eigenvalue weighted by atomic mass is 10.3. The summed E-state index contributed by atoms with van der Waals surface area (Å²) in [4.78, 5) is 0. The normalized spacial score (nSPS) is 10.8. The summed E-state index contributed by atoms with van der Waals surface area (Å²) in [6, 6.07) is 5.63. The van der Waals surface area contributed by atoms with E-state index in [1.165, 1.54) is 0 Å². The van der Waals surface area contributed by atoms with Gasteiger partial charge in [-0.1, -0.05) is 23.2 Å². The number of aryl methyl sites for hydroxylation is 2. The molecule has 1 aromatic heterocycles. The van der Waals surface area contributed by atoms with Gasteiger partial charge in [-0.05, 0) is 48.0 Å². The Morgan fingerprint density at radius 1 is 1.37 bits per heavy atom. The smallest absolute Gasteiger partial charge is 0.0865 e. The minimum absolute atomic E-state index is 0.619. The number of hydrogen-bond donors (Lipinski definition) is 1. The van der Waals surface area contributed by atoms with Crippen LogP contribution in [-0.4, -0.2) is 9.78 Å². The quantitative estimate of drug-likeness (QED) is 0.838. The van der Waals surface area contributed by atoms with E-state index in [4.69, 9.17) is 23.2 Å². The summed E-state index contributed by atoms with van der Waals surface area (Å²) in [7, 11) is 0. The second kappa shape index (κ2) is 6.16. The molecule has 1 aromatic carbocycles. The zero-order valence-corrected chi connectivity index (χ0v) is 13.8. The van der Waals surface area contributed by atoms with Crippen molar-refractivity contribution in [1.29, 1.82) is 0 Å². The van der Waals surface area contributed by atoms with Crippen molar-refractivity contribution in [3.8, 4) is 0 Å². The number of rotatable bonds is 4. The van der Waals surface area contributed by atoms with Crippen LogP contribution in [0.15, 0.2) is 22.7 Å². The Labute approximate surface area is 131 Å². The van der Waals surface area contributed by atoms with Crippen LogP contribution in [-0.2, 0) is 13.1 Å². The molecular formula is C13H14BrCl2N3. The Morgan fingerprint density at radius 2 is 2.11 bits per heavy atom. The SMILES string of the molecule is CCn1nc(C)c(Cl)c1CNc1ccc(Cl)cc1Br. The average Bonchev–Trinajstić information content (AvgIpc) is 2.65. The third-order valence-corrected chi connectivity index (χ3v) is 4.21. The summed E-state index contributed by atoms with van der Waals surface area (Å²) in [5.41, 5.74) is 2.82. The summed E-state index contributed by atoms with van der Waals surface area (Å²) < 4.78 is 2.84. The first kappa shape index (κ1) is 14.7. The molecule has 0 amide bonds. The molecule has 0 saturated carbocycles. The number of benzene rings is 1. The topological polar surface area (TPSA) is 29.9 Å². The van der Waals surface area contributed by atoms with Crippen molar-refractivity contribution in [2.24, 2.45) is 0 Å². The van der Waals surface area contributed by atoms with Crippen LogP contribution >= 0.6 is 39.1 Å². The van der Waals surface area contributed by atoms with Crippen LogP contribution in [0.1, 0.15) is 18.3 Å². The van der Waals surface area contributed by atoms with Gasteiger partial charge in [-0.2, -0.15) is 5.10 Å². The molecule has 0 radical (unpaired) electrons. The first-order chi connectivity index (χ1) is 9.02. The number of hydrogen-bond acceptors (Lipinski definition) is 2. The largest absolute Gasteiger partial charge is 0.378 e. The number of nitrogens with one attached hydrogen (secondary N) is 1. The zero-order valence-electron chi connectivity index (χ0n) is 10.7. The second-order valence-electron chi connectivity index (χ2n) is 4.14. The molecule has 1 heterocycles. The van der Waals surface area contributed by atoms with Gasteiger partial charge in [0.2, 0.25) is 0 Å². The van der Waals surface area contributed by atoms with Crippen molar-refractivity contribution >= 4 is 44.8 Å². The van der Waals surface area contributed by atoms with Crippen LogP contribution in [0, 0.1) is 6.92 Å². The van der Waals surface area contributed by atoms with E-state index in [0.29, 0.717) is 11.6 Å². The minimum Gasteiger partial charge on any atom is -0.378 e. The van der Waals surface area contributed by atoms with Gasteiger partial charge in [0, 0.05) is 21.7 Å². The van der Waals surface area contributed by atoms with Gasteiger partial charge in [-0.3, -0.25) is 4.68 Å². The van der Waals surface area contributed by atoms with Crippen molar-refractivity contribution in [3.63, 3.8) is 0 Å². The summed E-state index contributed by atoms with van der Waals surface area (Å²) in [5, 5.41) is 9.14. The fourth-order valence-corrected chi connectivity index (χ4v) is 2.87. The van der Waals surface area contributed by atoms with Crippen LogP contribution in [0.3, 0.4) is 0 Å². The predicted molar refractivity (Wildman–Crippen MR) is 84.1 cm³/mol. The van der Waals surface area contributed by atoms with Crippen LogP contribution < -0.4 is 5.32 Å². The Kier molecular flexibility index (Phi) is 4.76. The van der Waals surface area contributed by atoms with Gasteiger partial charge in [0.25, 0.3) is 0 Å². The van der Waals surface area contributed by atoms with E-state index in [0.717, 1.165) is 33.1 Å². The molecule has 6 heteroatoms. The fraction of sp³-hybridized carbons (Fsp3) is 0.308. The van der Waals surface area contributed by atoms with Gasteiger partial charge in [0.1, 0.15) is 0 Å². The molecule has 0 atom stereocenters. The third-order valence-electron chi connectivity index (χ3n) is 2.83. The molecule has 2 aromatic rings. The first-order valence-corrected chi connectivity index (χ1v) is 7.48. The van der Waals surface area contributed by atoms with Gasteiger partial charge >= 0.3 is 0 Å². The highest BCUT2D eigenvalue weighted by Gasteiger charge is 2.12. The maximum atomic E-state index is 6.27. The zero-order chi connectivity index (χ0) is 14.0. The summed E-state index contributed by atoms with van der Waals surface area (Å²) in [5.74, 6) is 0. The van der Waals surface area contributed by atoms with Gasteiger partial charge in [-0.25, -0.2) is 0 Å². The van der Waals surface area contributed by atoms with E-state index in [-0.39, 0.29) is 0 Å². The van der Waals surface area contributed by atoms with Crippen LogP contribution in [0.4, 0.5) is 5.69 Å². The van der Waals surface area contributed by atoms with Crippen molar-refractivity contribution in [1.82, 2.24) is 9.78 Å². The molecule has 1 N–H and O–H groups in total. The standard InChI is InChI=1S/C13H14BrCl2N3/c1-3-19-12(13(16)8(2)18-19)7-17-11-5-4-9(15)6-10(11)14/h4-6,17H,3,7H2,1-2H3. The van der Waals surface area contributed by atoms with Crippen LogP contribution in [0.25, 0.3) is 0 Å². The lowest BCUT2D eigenvalue weighted by Crippen LogP contribution is -2.08. The minimum atomic E-state index is 0.619. The molecule has 19 heavy (non-hydrogen) atoms. The highest BCUT2D eigenvalue weighted by molar-refractivity contribution is 9.10. The molecule has 0 saturated heterocycles. The first-order valence-electron chi connectivity index (χ1n) is 5.93. The monoisotopic (exact) mass is 361 g/mol. The highest BCUT2D eigenvalue weighted by Crippen LogP contribution is 2.27. The van der Waals surface area contributed by atoms with E-state index >= 15 is 0 Å². The molecule has 0 spiro atoms. The van der Waals surface area contributed by atoms with E-state index in [2.05, 4.69) is 26.3 Å². The number of anilines is 1. The van der Waals surface area contributed by atoms with Crippen molar-refractivity contribution in [2.75, 3.05) is 5.32 Å². The average molecular weight is 363 g/mol. The lowest BCUT2D eigenvalue weighted by Gasteiger charge is -2.10. The molecular weight excluding hydrogens is 349 g/mol. The maximum Gasteiger partial charge on any atom is 0.0865 e. The van der Waals surface area contributed by atoms with Crippen molar-refractivity contribution in [2.45, 2.75) is 26.9 Å². The van der Waals surface area contributed by atoms with Crippen LogP contribution in [0.2, 0.25) is 10.0 Å². The predicted octanol–water partition coefficient (Wildman–Crippen LogP) is 4.89. The van der Waals surface area contributed by atoms with Gasteiger partial charge < -0.3 is 5.32 Å². The summed E-state index contributed by atoms with van der Waals surface area (Å²) in [6.45, 7) is 5.38. The van der Waals surface area contributed by atoms with Crippen molar-refractivity contribution < 1.29 is 0 Å². The molecule has 0 aliphatic rings. The molecule has 0 aliphatic heterocycles. The molecule has 0 aliphatic carbocycles. The fourth-order valence-electron chi connectivity index (χ4n) is 1.85. The Morgan fingerprint density at radius 3 is 2.74 bits per heavy atom. The number of aromatic nitrogens is 2. The van der Waals surface area contributed by atoms with Gasteiger partial charge in [0.15, 0.2) is 0 Å². The maximum absolute atomic E-state index is 6.27. The molecule has 3 nitrogen and oxygen atoms in total. The second-order valence-corrected chi connectivity index (χ2v) is 5.81. The van der Waals surface area contributed by atoms with E-state index in [9.17, 15) is 0 Å². The molecule has 0 fully saturated rings. The van der Waals surface area contributed by atoms with E-state index < -0.39 is 0 Å². The molecule has 0 unspecified atom stereocenters. The van der Waals surface area contributed by atoms with Gasteiger partial charge in [-0.15, -0.1) is 0 Å². The summed E-state index contributed by atoms with van der Waals surface area (Å²) >= 11 is 15.7. The molecule has 0 bridgehead atoms. The summed E-state index contributed by atoms with van der Waals surface area (Å²) in [6.07, 6.45) is 0. The van der Waals surface area contributed by atoms with E-state index in [1.54, 1.807) is 0 Å².